The number of phenolic OH excluding ortho intramolecular Hbond substituents is 2. The highest BCUT2D eigenvalue weighted by Crippen LogP contribution is 2.48. The molecule has 8 N–H and O–H groups in total. The monoisotopic (exact) mass is 1210 g/mol. The summed E-state index contributed by atoms with van der Waals surface area (Å²) < 4.78 is 84.8. The van der Waals surface area contributed by atoms with Gasteiger partial charge in [0.2, 0.25) is 6.29 Å². The molecule has 0 aromatic heterocycles. The number of aromatic hydroxyl groups is 2. The van der Waals surface area contributed by atoms with Gasteiger partial charge >= 0.3 is 11.9 Å². The van der Waals surface area contributed by atoms with Crippen LogP contribution in [0.15, 0.2) is 12.1 Å². The van der Waals surface area contributed by atoms with Gasteiger partial charge < -0.3 is 107 Å². The number of benzene rings is 2. The van der Waals surface area contributed by atoms with E-state index < -0.39 is 194 Å². The van der Waals surface area contributed by atoms with Gasteiger partial charge in [-0.2, -0.15) is 0 Å². The van der Waals surface area contributed by atoms with Crippen LogP contribution in [-0.4, -0.2) is 225 Å². The van der Waals surface area contributed by atoms with Crippen molar-refractivity contribution >= 4 is 34.3 Å². The Morgan fingerprint density at radius 1 is 0.694 bits per heavy atom. The Morgan fingerprint density at radius 3 is 1.80 bits per heavy atom. The third-order valence-corrected chi connectivity index (χ3v) is 17.1. The predicted molar refractivity (Wildman–Crippen MR) is 292 cm³/mol. The van der Waals surface area contributed by atoms with Crippen molar-refractivity contribution in [3.63, 3.8) is 0 Å². The smallest absolute Gasteiger partial charge is 0.308 e. The van der Waals surface area contributed by atoms with Gasteiger partial charge in [-0.1, -0.05) is 13.8 Å². The second-order valence-electron chi connectivity index (χ2n) is 24.1. The highest BCUT2D eigenvalue weighted by atomic mass is 16.7. The third-order valence-electron chi connectivity index (χ3n) is 17.1. The molecule has 26 nitrogen and oxygen atoms in total. The van der Waals surface area contributed by atoms with E-state index in [2.05, 4.69) is 0 Å². The molecule has 2 aromatic carbocycles. The summed E-state index contributed by atoms with van der Waals surface area (Å²) in [6, 6.07) is 3.08. The van der Waals surface area contributed by atoms with Crippen LogP contribution in [-0.2, 0) is 82.4 Å². The number of aliphatic hydroxyl groups excluding tert-OH is 5. The fourth-order valence-electron chi connectivity index (χ4n) is 12.5. The van der Waals surface area contributed by atoms with Crippen LogP contribution in [0.4, 0.5) is 0 Å². The summed E-state index contributed by atoms with van der Waals surface area (Å²) >= 11 is 0. The number of aliphatic hydroxyl groups is 6. The normalized spacial score (nSPS) is 39.2. The molecule has 0 saturated carbocycles. The lowest BCUT2D eigenvalue weighted by molar-refractivity contribution is -0.334. The number of carbonyl (C=O) groups is 4. The minimum absolute atomic E-state index is 0.0133. The quantitative estimate of drug-likeness (QED) is 0.0935. The SMILES string of the molecule is CO[C@@H]1[C@@H](C)O[C@@H](Oc2cc3cc4c(c(O)c3c(O)c2C)C(=O)[C@@H](O[C@H]2C[C@@H](OC3C[C@@H](O[C@H]5C[C@](C)(O)[C@H](OC(=O)C(C)C)[C@@H](C)O5)[C@@H](O)[C@@H](C)O3)[C@H](O)[C@@H](C)O2)[C@H]([C@H](OC)C(=O)[C@@H](O)[C@@H](C)O)C4)C[C@H]1O[C@H]1C[C@@H](O)[C@H](OC(C)=O)[C@@H](C)O1. The summed E-state index contributed by atoms with van der Waals surface area (Å²) in [5.41, 5.74) is -1.47. The Balaban J connectivity index is 1.02. The van der Waals surface area contributed by atoms with Gasteiger partial charge in [-0.05, 0) is 84.9 Å². The molecule has 26 heteroatoms. The molecule has 0 bridgehead atoms. The first-order valence-corrected chi connectivity index (χ1v) is 29.1. The average Bonchev–Trinajstić information content (AvgIpc) is 0.831. The Bertz CT molecular complexity index is 2670. The van der Waals surface area contributed by atoms with E-state index in [9.17, 15) is 55.2 Å². The summed E-state index contributed by atoms with van der Waals surface area (Å²) in [5, 5.41) is 90.5. The topological polar surface area (TPSA) is 359 Å². The number of methoxy groups -OCH3 is 2. The van der Waals surface area contributed by atoms with Crippen LogP contribution in [0.2, 0.25) is 0 Å². The molecular weight excluding hydrogens is 1120 g/mol. The standard InChI is InChI=1S/C59H86O26/c1-22(2)58(70)85-57-29(9)78-43(21-59(57,11)71)82-37-18-40(74-25(5)49(37)66)81-36-19-42(75-26(6)48(36)65)84-56-33(55(73-13)52(69)47(64)24(4)60)15-31-14-32-16-35(23(3)46(63)44(32)50(67)45(31)51(56)68)80-41-20-38(54(72-12)28(8)77-41)83-39-17-34(62)53(27(7)76-39)79-30(10)61/h14,16,22,24-29,33-34,36-43,47-49,53-57,60,62-67,71H,15,17-21H2,1-13H3/t24-,25-,26-,27-,28-,29-,33+,34-,36-,37-,38-,39+,40?,41+,42+,43+,47+,48-,49+,53-,54-,55+,56+,57-,59+/m1/s1. The summed E-state index contributed by atoms with van der Waals surface area (Å²) in [6.07, 6.45) is -25.7. The number of fused-ring (bicyclic) bond motifs is 2. The second kappa shape index (κ2) is 27.2. The van der Waals surface area contributed by atoms with Crippen LogP contribution in [0, 0.1) is 18.8 Å². The average molecular weight is 1210 g/mol. The molecule has 1 aliphatic carbocycles. The number of esters is 2. The summed E-state index contributed by atoms with van der Waals surface area (Å²) in [6.45, 7) is 17.0. The largest absolute Gasteiger partial charge is 0.507 e. The first-order chi connectivity index (χ1) is 39.9. The number of ketones is 2. The lowest BCUT2D eigenvalue weighted by Gasteiger charge is -2.47. The van der Waals surface area contributed by atoms with Crippen molar-refractivity contribution in [3.8, 4) is 17.2 Å². The minimum atomic E-state index is -1.96. The molecule has 0 spiro atoms. The first kappa shape index (κ1) is 66.6. The van der Waals surface area contributed by atoms with Gasteiger partial charge in [0.15, 0.2) is 48.9 Å². The zero-order valence-electron chi connectivity index (χ0n) is 50.3. The highest BCUT2D eigenvalue weighted by molar-refractivity contribution is 6.11. The number of phenols is 2. The Labute approximate surface area is 493 Å². The molecule has 8 rings (SSSR count). The molecule has 2 aromatic rings. The molecule has 5 fully saturated rings. The van der Waals surface area contributed by atoms with Gasteiger partial charge in [-0.3, -0.25) is 19.2 Å². The molecular formula is C59H86O26. The Morgan fingerprint density at radius 2 is 1.24 bits per heavy atom. The van der Waals surface area contributed by atoms with E-state index in [0.717, 1.165) is 0 Å². The fraction of sp³-hybridized carbons (Fsp3) is 0.763. The summed E-state index contributed by atoms with van der Waals surface area (Å²) in [7, 11) is 2.68. The van der Waals surface area contributed by atoms with Gasteiger partial charge in [0.25, 0.3) is 0 Å². The van der Waals surface area contributed by atoms with E-state index in [1.54, 1.807) is 54.5 Å². The predicted octanol–water partition coefficient (Wildman–Crippen LogP) is 2.18. The lowest BCUT2D eigenvalue weighted by Crippen LogP contribution is -2.59. The maximum atomic E-state index is 15.2. The molecule has 5 saturated heterocycles. The van der Waals surface area contributed by atoms with Crippen molar-refractivity contribution in [1.82, 2.24) is 0 Å². The van der Waals surface area contributed by atoms with E-state index in [1.165, 1.54) is 48.0 Å². The zero-order valence-corrected chi connectivity index (χ0v) is 50.3. The Kier molecular flexibility index (Phi) is 21.3. The Hall–Kier alpha value is -4.30. The van der Waals surface area contributed by atoms with E-state index in [1.807, 2.05) is 0 Å². The van der Waals surface area contributed by atoms with Crippen LogP contribution in [0.3, 0.4) is 0 Å². The van der Waals surface area contributed by atoms with Crippen molar-refractivity contribution < 1.29 is 126 Å². The number of Topliss-reactive ketones (excluding diaryl/α,β-unsaturated/α-hetero) is 2. The second-order valence-corrected chi connectivity index (χ2v) is 24.1. The van der Waals surface area contributed by atoms with Crippen molar-refractivity contribution in [2.75, 3.05) is 14.2 Å². The van der Waals surface area contributed by atoms with Crippen LogP contribution >= 0.6 is 0 Å². The molecule has 25 atom stereocenters. The fourth-order valence-corrected chi connectivity index (χ4v) is 12.5. The summed E-state index contributed by atoms with van der Waals surface area (Å²) in [4.78, 5) is 53.3. The molecule has 0 amide bonds. The van der Waals surface area contributed by atoms with Gasteiger partial charge in [0.05, 0.1) is 77.9 Å². The molecule has 478 valence electrons. The van der Waals surface area contributed by atoms with Crippen LogP contribution in [0.25, 0.3) is 10.8 Å². The van der Waals surface area contributed by atoms with Gasteiger partial charge in [0.1, 0.15) is 59.5 Å². The van der Waals surface area contributed by atoms with Gasteiger partial charge in [0, 0.05) is 64.7 Å². The van der Waals surface area contributed by atoms with E-state index >= 15 is 4.79 Å². The molecule has 0 radical (unpaired) electrons. The number of hydrogen-bond donors (Lipinski definition) is 8. The van der Waals surface area contributed by atoms with E-state index in [0.29, 0.717) is 0 Å². The first-order valence-electron chi connectivity index (χ1n) is 29.1. The molecule has 1 unspecified atom stereocenters. The van der Waals surface area contributed by atoms with Crippen LogP contribution < -0.4 is 4.74 Å². The van der Waals surface area contributed by atoms with Gasteiger partial charge in [-0.25, -0.2) is 0 Å². The maximum absolute atomic E-state index is 15.2. The summed E-state index contributed by atoms with van der Waals surface area (Å²) in [5.74, 6) is -5.56. The van der Waals surface area contributed by atoms with Crippen molar-refractivity contribution in [1.29, 1.82) is 0 Å². The maximum Gasteiger partial charge on any atom is 0.308 e. The van der Waals surface area contributed by atoms with Crippen LogP contribution in [0.5, 0.6) is 17.2 Å². The van der Waals surface area contributed by atoms with Crippen LogP contribution in [0.1, 0.15) is 123 Å². The number of ether oxygens (including phenoxy) is 14. The number of carbonyl (C=O) groups excluding carboxylic acids is 4. The molecule has 5 aliphatic heterocycles. The zero-order chi connectivity index (χ0) is 62.4. The van der Waals surface area contributed by atoms with Crippen molar-refractivity contribution in [2.24, 2.45) is 11.8 Å². The number of rotatable bonds is 19. The van der Waals surface area contributed by atoms with E-state index in [-0.39, 0.29) is 71.7 Å². The van der Waals surface area contributed by atoms with Crippen molar-refractivity contribution in [3.05, 3.63) is 28.8 Å². The van der Waals surface area contributed by atoms with E-state index in [4.69, 9.17) is 66.3 Å². The molecule has 5 heterocycles. The van der Waals surface area contributed by atoms with Gasteiger partial charge in [-0.15, -0.1) is 0 Å². The highest BCUT2D eigenvalue weighted by Gasteiger charge is 2.53. The molecule has 6 aliphatic rings. The van der Waals surface area contributed by atoms with Crippen molar-refractivity contribution in [2.45, 2.75) is 262 Å². The minimum Gasteiger partial charge on any atom is -0.507 e. The third kappa shape index (κ3) is 14.4. The lowest BCUT2D eigenvalue weighted by atomic mass is 9.75. The number of hydrogen-bond acceptors (Lipinski definition) is 26. The molecule has 85 heavy (non-hydrogen) atoms.